The average molecular weight is 231 g/mol. The first-order valence-electron chi connectivity index (χ1n) is 4.08. The smallest absolute Gasteiger partial charge is 0.221 e. The molecule has 0 aliphatic rings. The molecule has 1 rings (SSSR count). The molecule has 82 valence electrons. The molecule has 0 fully saturated rings. The Morgan fingerprint density at radius 1 is 1.40 bits per heavy atom. The monoisotopic (exact) mass is 231 g/mol. The highest BCUT2D eigenvalue weighted by Gasteiger charge is 2.11. The van der Waals surface area contributed by atoms with Crippen LogP contribution in [0.4, 0.5) is 10.1 Å². The Morgan fingerprint density at radius 2 is 2.00 bits per heavy atom. The van der Waals surface area contributed by atoms with Crippen LogP contribution in [0.5, 0.6) is 0 Å². The summed E-state index contributed by atoms with van der Waals surface area (Å²) < 4.78 is 35.4. The van der Waals surface area contributed by atoms with Crippen molar-refractivity contribution in [2.24, 2.45) is 0 Å². The number of rotatable bonds is 2. The van der Waals surface area contributed by atoms with Gasteiger partial charge in [0.05, 0.1) is 10.6 Å². The average Bonchev–Trinajstić information content (AvgIpc) is 2.06. The Morgan fingerprint density at radius 3 is 2.47 bits per heavy atom. The quantitative estimate of drug-likeness (QED) is 0.777. The van der Waals surface area contributed by atoms with E-state index >= 15 is 0 Å². The molecule has 0 saturated heterocycles. The molecule has 15 heavy (non-hydrogen) atoms. The number of carbonyl (C=O) groups is 1. The summed E-state index contributed by atoms with van der Waals surface area (Å²) in [6, 6.07) is 3.24. The fourth-order valence-corrected chi connectivity index (χ4v) is 1.67. The van der Waals surface area contributed by atoms with E-state index in [2.05, 4.69) is 5.32 Å². The normalized spacial score (nSPS) is 11.1. The van der Waals surface area contributed by atoms with E-state index in [0.29, 0.717) is 0 Å². The minimum absolute atomic E-state index is 0.0346. The van der Waals surface area contributed by atoms with Gasteiger partial charge in [0.15, 0.2) is 9.84 Å². The number of amides is 1. The Balaban J connectivity index is 3.23. The van der Waals surface area contributed by atoms with E-state index in [-0.39, 0.29) is 10.6 Å². The lowest BCUT2D eigenvalue weighted by Gasteiger charge is -2.05. The number of halogens is 1. The molecule has 1 N–H and O–H groups in total. The van der Waals surface area contributed by atoms with Gasteiger partial charge < -0.3 is 5.32 Å². The maximum Gasteiger partial charge on any atom is 0.221 e. The van der Waals surface area contributed by atoms with Crippen LogP contribution in [0.15, 0.2) is 23.1 Å². The highest BCUT2D eigenvalue weighted by Crippen LogP contribution is 2.19. The summed E-state index contributed by atoms with van der Waals surface area (Å²) in [5.74, 6) is -1.13. The molecule has 1 amide bonds. The van der Waals surface area contributed by atoms with Crippen molar-refractivity contribution in [3.63, 3.8) is 0 Å². The lowest BCUT2D eigenvalue weighted by molar-refractivity contribution is -0.114. The second-order valence-corrected chi connectivity index (χ2v) is 5.11. The van der Waals surface area contributed by atoms with E-state index in [0.717, 1.165) is 24.5 Å². The van der Waals surface area contributed by atoms with Crippen molar-refractivity contribution in [1.29, 1.82) is 0 Å². The molecular formula is C9H10FNO3S. The van der Waals surface area contributed by atoms with Gasteiger partial charge in [0.25, 0.3) is 0 Å². The number of hydrogen-bond donors (Lipinski definition) is 1. The lowest BCUT2D eigenvalue weighted by atomic mass is 10.3. The van der Waals surface area contributed by atoms with E-state index in [1.807, 2.05) is 0 Å². The van der Waals surface area contributed by atoms with Gasteiger partial charge in [-0.15, -0.1) is 0 Å². The van der Waals surface area contributed by atoms with Crippen LogP contribution >= 0.6 is 0 Å². The van der Waals surface area contributed by atoms with Crippen molar-refractivity contribution in [3.05, 3.63) is 24.0 Å². The van der Waals surface area contributed by atoms with E-state index in [9.17, 15) is 17.6 Å². The summed E-state index contributed by atoms with van der Waals surface area (Å²) in [5, 5.41) is 2.21. The molecule has 0 saturated carbocycles. The van der Waals surface area contributed by atoms with Gasteiger partial charge >= 0.3 is 0 Å². The van der Waals surface area contributed by atoms with Crippen LogP contribution < -0.4 is 5.32 Å². The van der Waals surface area contributed by atoms with Gasteiger partial charge in [-0.05, 0) is 18.2 Å². The van der Waals surface area contributed by atoms with E-state index < -0.39 is 21.6 Å². The van der Waals surface area contributed by atoms with Crippen molar-refractivity contribution in [2.75, 3.05) is 11.6 Å². The van der Waals surface area contributed by atoms with Gasteiger partial charge in [-0.25, -0.2) is 12.8 Å². The second-order valence-electron chi connectivity index (χ2n) is 3.10. The van der Waals surface area contributed by atoms with Crippen LogP contribution in [0.25, 0.3) is 0 Å². The van der Waals surface area contributed by atoms with Crippen LogP contribution in [0.2, 0.25) is 0 Å². The van der Waals surface area contributed by atoms with Crippen LogP contribution in [0.3, 0.4) is 0 Å². The highest BCUT2D eigenvalue weighted by atomic mass is 32.2. The Kier molecular flexibility index (Phi) is 3.09. The van der Waals surface area contributed by atoms with Gasteiger partial charge in [-0.1, -0.05) is 0 Å². The molecule has 0 unspecified atom stereocenters. The lowest BCUT2D eigenvalue weighted by Crippen LogP contribution is -2.08. The molecule has 0 bridgehead atoms. The first-order valence-corrected chi connectivity index (χ1v) is 5.97. The molecule has 0 aliphatic heterocycles. The van der Waals surface area contributed by atoms with E-state index in [1.165, 1.54) is 6.92 Å². The number of sulfone groups is 1. The number of carbonyl (C=O) groups excluding carboxylic acids is 1. The fourth-order valence-electron chi connectivity index (χ4n) is 1.02. The molecular weight excluding hydrogens is 221 g/mol. The van der Waals surface area contributed by atoms with Crippen LogP contribution in [-0.4, -0.2) is 20.6 Å². The zero-order valence-corrected chi connectivity index (χ0v) is 9.06. The Hall–Kier alpha value is -1.43. The minimum atomic E-state index is -3.40. The molecule has 0 aliphatic carbocycles. The SMILES string of the molecule is CC(=O)Nc1cc(S(C)(=O)=O)ccc1F. The number of anilines is 1. The zero-order valence-electron chi connectivity index (χ0n) is 8.24. The first kappa shape index (κ1) is 11.6. The van der Waals surface area contributed by atoms with Gasteiger partial charge in [0, 0.05) is 13.2 Å². The molecule has 1 aromatic rings. The van der Waals surface area contributed by atoms with Gasteiger partial charge in [-0.2, -0.15) is 0 Å². The van der Waals surface area contributed by atoms with Crippen molar-refractivity contribution < 1.29 is 17.6 Å². The van der Waals surface area contributed by atoms with Crippen molar-refractivity contribution in [3.8, 4) is 0 Å². The van der Waals surface area contributed by atoms with Crippen molar-refractivity contribution in [2.45, 2.75) is 11.8 Å². The number of nitrogens with one attached hydrogen (secondary N) is 1. The van der Waals surface area contributed by atoms with Gasteiger partial charge in [0.2, 0.25) is 5.91 Å². The predicted octanol–water partition coefficient (Wildman–Crippen LogP) is 1.19. The van der Waals surface area contributed by atoms with E-state index in [4.69, 9.17) is 0 Å². The highest BCUT2D eigenvalue weighted by molar-refractivity contribution is 7.90. The molecule has 0 spiro atoms. The molecule has 1 aromatic carbocycles. The molecule has 0 aromatic heterocycles. The van der Waals surface area contributed by atoms with Crippen molar-refractivity contribution >= 4 is 21.4 Å². The van der Waals surface area contributed by atoms with E-state index in [1.54, 1.807) is 0 Å². The maximum atomic E-state index is 13.1. The largest absolute Gasteiger partial charge is 0.324 e. The third kappa shape index (κ3) is 3.02. The van der Waals surface area contributed by atoms with Crippen LogP contribution in [0.1, 0.15) is 6.92 Å². The standard InChI is InChI=1S/C9H10FNO3S/c1-6(12)11-9-5-7(15(2,13)14)3-4-8(9)10/h3-5H,1-2H3,(H,11,12). The molecule has 4 nitrogen and oxygen atoms in total. The zero-order chi connectivity index (χ0) is 11.6. The first-order chi connectivity index (χ1) is 6.80. The predicted molar refractivity (Wildman–Crippen MR) is 53.8 cm³/mol. The Labute approximate surface area is 87.0 Å². The number of benzene rings is 1. The third-order valence-corrected chi connectivity index (χ3v) is 2.79. The fraction of sp³-hybridized carbons (Fsp3) is 0.222. The summed E-state index contributed by atoms with van der Waals surface area (Å²) in [4.78, 5) is 10.7. The second kappa shape index (κ2) is 3.98. The topological polar surface area (TPSA) is 63.2 Å². The van der Waals surface area contributed by atoms with Gasteiger partial charge in [0.1, 0.15) is 5.82 Å². The van der Waals surface area contributed by atoms with Crippen LogP contribution in [-0.2, 0) is 14.6 Å². The van der Waals surface area contributed by atoms with Gasteiger partial charge in [-0.3, -0.25) is 4.79 Å². The summed E-state index contributed by atoms with van der Waals surface area (Å²) >= 11 is 0. The minimum Gasteiger partial charge on any atom is -0.324 e. The summed E-state index contributed by atoms with van der Waals surface area (Å²) in [6.45, 7) is 1.21. The molecule has 0 heterocycles. The van der Waals surface area contributed by atoms with Crippen molar-refractivity contribution in [1.82, 2.24) is 0 Å². The summed E-state index contributed by atoms with van der Waals surface area (Å²) in [5.41, 5.74) is -0.134. The Bertz CT molecular complexity index is 496. The molecule has 6 heteroatoms. The third-order valence-electron chi connectivity index (χ3n) is 1.68. The summed E-state index contributed by atoms with van der Waals surface area (Å²) in [7, 11) is -3.40. The van der Waals surface area contributed by atoms with Crippen LogP contribution in [0, 0.1) is 5.82 Å². The number of hydrogen-bond acceptors (Lipinski definition) is 3. The summed E-state index contributed by atoms with van der Waals surface area (Å²) in [6.07, 6.45) is 1.01. The maximum absolute atomic E-state index is 13.1. The molecule has 0 radical (unpaired) electrons. The molecule has 0 atom stereocenters.